The summed E-state index contributed by atoms with van der Waals surface area (Å²) in [5, 5.41) is 0. The van der Waals surface area contributed by atoms with Crippen LogP contribution in [-0.2, 0) is 19.3 Å². The molecule has 30 heavy (non-hydrogen) atoms. The fraction of sp³-hybridized carbons (Fsp3) is 0.714. The zero-order chi connectivity index (χ0) is 21.1. The molecule has 0 heterocycles. The predicted molar refractivity (Wildman–Crippen MR) is 122 cm³/mol. The van der Waals surface area contributed by atoms with Gasteiger partial charge in [-0.15, -0.1) is 0 Å². The molecule has 3 aliphatic carbocycles. The maximum atomic E-state index is 15.1. The molecule has 5 atom stereocenters. The standard InChI is InChI=1S/C28H40F2/c1-3-5-6-8-26-27(29)18-24-17-23(13-14-25(24)28(26)30)22-12-11-20-15-19(7-4-2)9-10-21(20)16-22/h3,5,18-23H,4,6-17H2,1-2H3/b5-3+. The first-order valence-electron chi connectivity index (χ1n) is 12.7. The molecule has 166 valence electrons. The van der Waals surface area contributed by atoms with E-state index >= 15 is 4.39 Å². The second kappa shape index (κ2) is 9.96. The largest absolute Gasteiger partial charge is 0.207 e. The van der Waals surface area contributed by atoms with E-state index < -0.39 is 0 Å². The number of hydrogen-bond donors (Lipinski definition) is 0. The van der Waals surface area contributed by atoms with Crippen molar-refractivity contribution < 1.29 is 8.78 Å². The molecule has 0 amide bonds. The molecule has 0 bridgehead atoms. The van der Waals surface area contributed by atoms with Crippen LogP contribution in [-0.4, -0.2) is 0 Å². The maximum absolute atomic E-state index is 15.1. The third-order valence-electron chi connectivity index (χ3n) is 8.68. The van der Waals surface area contributed by atoms with E-state index in [1.54, 1.807) is 6.07 Å². The van der Waals surface area contributed by atoms with Crippen LogP contribution in [0.4, 0.5) is 8.78 Å². The van der Waals surface area contributed by atoms with Crippen LogP contribution >= 0.6 is 0 Å². The van der Waals surface area contributed by atoms with Crippen molar-refractivity contribution in [3.05, 3.63) is 46.5 Å². The molecule has 1 aromatic rings. The van der Waals surface area contributed by atoms with Gasteiger partial charge >= 0.3 is 0 Å². The van der Waals surface area contributed by atoms with Crippen molar-refractivity contribution in [3.8, 4) is 0 Å². The summed E-state index contributed by atoms with van der Waals surface area (Å²) in [5.74, 6) is 3.67. The second-order valence-corrected chi connectivity index (χ2v) is 10.5. The summed E-state index contributed by atoms with van der Waals surface area (Å²) in [7, 11) is 0. The van der Waals surface area contributed by atoms with Gasteiger partial charge in [0.2, 0.25) is 0 Å². The van der Waals surface area contributed by atoms with Gasteiger partial charge in [0.1, 0.15) is 11.6 Å². The SMILES string of the molecule is C/C=C/CCc1c(F)cc2c(c1F)CCC(C1CCC3CC(CCC)CCC3C1)C2. The van der Waals surface area contributed by atoms with E-state index in [-0.39, 0.29) is 11.6 Å². The first kappa shape index (κ1) is 22.0. The van der Waals surface area contributed by atoms with Crippen molar-refractivity contribution in [2.24, 2.45) is 29.6 Å². The van der Waals surface area contributed by atoms with Crippen LogP contribution in [0.3, 0.4) is 0 Å². The molecule has 2 fully saturated rings. The van der Waals surface area contributed by atoms with Gasteiger partial charge in [-0.3, -0.25) is 0 Å². The fourth-order valence-electron chi connectivity index (χ4n) is 7.07. The lowest BCUT2D eigenvalue weighted by molar-refractivity contribution is 0.0693. The van der Waals surface area contributed by atoms with E-state index in [4.69, 9.17) is 0 Å². The minimum absolute atomic E-state index is 0.245. The summed E-state index contributed by atoms with van der Waals surface area (Å²) in [6.45, 7) is 4.27. The molecule has 0 spiro atoms. The van der Waals surface area contributed by atoms with Crippen molar-refractivity contribution in [2.75, 3.05) is 0 Å². The van der Waals surface area contributed by atoms with Crippen LogP contribution in [0, 0.1) is 41.2 Å². The van der Waals surface area contributed by atoms with Crippen LogP contribution in [0.5, 0.6) is 0 Å². The minimum atomic E-state index is -0.325. The lowest BCUT2D eigenvalue weighted by Crippen LogP contribution is -2.35. The summed E-state index contributed by atoms with van der Waals surface area (Å²) in [4.78, 5) is 0. The number of hydrogen-bond acceptors (Lipinski definition) is 0. The third kappa shape index (κ3) is 4.68. The second-order valence-electron chi connectivity index (χ2n) is 10.5. The fourth-order valence-corrected chi connectivity index (χ4v) is 7.07. The quantitative estimate of drug-likeness (QED) is 0.411. The lowest BCUT2D eigenvalue weighted by atomic mass is 9.61. The molecule has 0 nitrogen and oxygen atoms in total. The van der Waals surface area contributed by atoms with Crippen molar-refractivity contribution in [1.82, 2.24) is 0 Å². The molecular formula is C28H40F2. The third-order valence-corrected chi connectivity index (χ3v) is 8.68. The van der Waals surface area contributed by atoms with Crippen LogP contribution in [0.15, 0.2) is 18.2 Å². The number of fused-ring (bicyclic) bond motifs is 2. The van der Waals surface area contributed by atoms with Gasteiger partial charge in [0.15, 0.2) is 0 Å². The smallest absolute Gasteiger partial charge is 0.132 e. The molecule has 1 aromatic carbocycles. The van der Waals surface area contributed by atoms with Gasteiger partial charge in [-0.2, -0.15) is 0 Å². The Bertz CT molecular complexity index is 749. The number of halogens is 2. The molecule has 3 aliphatic rings. The van der Waals surface area contributed by atoms with E-state index in [2.05, 4.69) is 6.92 Å². The summed E-state index contributed by atoms with van der Waals surface area (Å²) in [6, 6.07) is 1.68. The average Bonchev–Trinajstić information content (AvgIpc) is 2.75. The summed E-state index contributed by atoms with van der Waals surface area (Å²) >= 11 is 0. The van der Waals surface area contributed by atoms with Gasteiger partial charge in [-0.25, -0.2) is 8.78 Å². The number of benzene rings is 1. The molecule has 0 aliphatic heterocycles. The average molecular weight is 415 g/mol. The Morgan fingerprint density at radius 2 is 1.70 bits per heavy atom. The van der Waals surface area contributed by atoms with Crippen molar-refractivity contribution in [3.63, 3.8) is 0 Å². The van der Waals surface area contributed by atoms with Crippen LogP contribution in [0.2, 0.25) is 0 Å². The number of rotatable bonds is 6. The van der Waals surface area contributed by atoms with E-state index in [0.29, 0.717) is 24.3 Å². The van der Waals surface area contributed by atoms with Crippen LogP contribution < -0.4 is 0 Å². The van der Waals surface area contributed by atoms with E-state index in [0.717, 1.165) is 54.1 Å². The molecular weight excluding hydrogens is 374 g/mol. The molecule has 0 N–H and O–H groups in total. The molecule has 0 saturated heterocycles. The first-order valence-corrected chi connectivity index (χ1v) is 12.7. The van der Waals surface area contributed by atoms with Crippen LogP contribution in [0.25, 0.3) is 0 Å². The Kier molecular flexibility index (Phi) is 7.32. The minimum Gasteiger partial charge on any atom is -0.207 e. The van der Waals surface area contributed by atoms with Crippen molar-refractivity contribution in [2.45, 2.75) is 97.3 Å². The summed E-state index contributed by atoms with van der Waals surface area (Å²) in [6.07, 6.45) is 19.0. The van der Waals surface area contributed by atoms with E-state index in [9.17, 15) is 4.39 Å². The van der Waals surface area contributed by atoms with Gasteiger partial charge < -0.3 is 0 Å². The van der Waals surface area contributed by atoms with Gasteiger partial charge in [-0.1, -0.05) is 38.3 Å². The highest BCUT2D eigenvalue weighted by atomic mass is 19.1. The zero-order valence-corrected chi connectivity index (χ0v) is 19.1. The first-order chi connectivity index (χ1) is 14.6. The monoisotopic (exact) mass is 414 g/mol. The molecule has 2 saturated carbocycles. The molecule has 0 radical (unpaired) electrons. The topological polar surface area (TPSA) is 0 Å². The lowest BCUT2D eigenvalue weighted by Gasteiger charge is -2.45. The van der Waals surface area contributed by atoms with Crippen molar-refractivity contribution in [1.29, 1.82) is 0 Å². The highest BCUT2D eigenvalue weighted by molar-refractivity contribution is 5.37. The highest BCUT2D eigenvalue weighted by Gasteiger charge is 2.38. The zero-order valence-electron chi connectivity index (χ0n) is 19.1. The molecule has 0 aromatic heterocycles. The van der Waals surface area contributed by atoms with Gasteiger partial charge in [0.25, 0.3) is 0 Å². The molecule has 2 heteroatoms. The van der Waals surface area contributed by atoms with Gasteiger partial charge in [-0.05, 0) is 118 Å². The highest BCUT2D eigenvalue weighted by Crippen LogP contribution is 2.49. The van der Waals surface area contributed by atoms with Gasteiger partial charge in [0.05, 0.1) is 0 Å². The molecule has 4 rings (SSSR count). The maximum Gasteiger partial charge on any atom is 0.132 e. The summed E-state index contributed by atoms with van der Waals surface area (Å²) in [5.41, 5.74) is 2.08. The Labute approximate surface area is 182 Å². The Balaban J connectivity index is 1.40. The van der Waals surface area contributed by atoms with Crippen LogP contribution in [0.1, 0.15) is 94.7 Å². The normalized spacial score (nSPS) is 31.5. The van der Waals surface area contributed by atoms with Gasteiger partial charge in [0, 0.05) is 5.56 Å². The van der Waals surface area contributed by atoms with E-state index in [1.807, 2.05) is 19.1 Å². The predicted octanol–water partition coefficient (Wildman–Crippen LogP) is 8.21. The van der Waals surface area contributed by atoms with Crippen molar-refractivity contribution >= 4 is 0 Å². The summed E-state index contributed by atoms with van der Waals surface area (Å²) < 4.78 is 29.8. The Morgan fingerprint density at radius 1 is 0.967 bits per heavy atom. The number of allylic oxidation sites excluding steroid dienone is 2. The van der Waals surface area contributed by atoms with E-state index in [1.165, 1.54) is 51.4 Å². The Hall–Kier alpha value is -1.18. The Morgan fingerprint density at radius 3 is 2.47 bits per heavy atom. The molecule has 5 unspecified atom stereocenters.